The van der Waals surface area contributed by atoms with Crippen LogP contribution in [-0.2, 0) is 10.4 Å². The van der Waals surface area contributed by atoms with Crippen molar-refractivity contribution in [1.82, 2.24) is 9.78 Å². The standard InChI is InChI=1S/C22H25F3N4O2/c1-21(2,31)17-11-18-15(12-29(27-18)16-6-4-14(13-30)5-7-16)10-19(17)28-9-3-8-26-20(28)22(23,24)25/h3,8-14,16,20,31H,4-7H2,1-2H3. The number of benzene rings is 1. The Morgan fingerprint density at radius 2 is 1.87 bits per heavy atom. The van der Waals surface area contributed by atoms with E-state index in [9.17, 15) is 23.1 Å². The molecule has 166 valence electrons. The van der Waals surface area contributed by atoms with Gasteiger partial charge in [-0.15, -0.1) is 0 Å². The monoisotopic (exact) mass is 434 g/mol. The fourth-order valence-electron chi connectivity index (χ4n) is 4.34. The fraction of sp³-hybridized carbons (Fsp3) is 0.500. The molecule has 2 aliphatic rings. The molecule has 0 saturated heterocycles. The molecule has 0 amide bonds. The summed E-state index contributed by atoms with van der Waals surface area (Å²) in [6.45, 7) is 3.07. The lowest BCUT2D eigenvalue weighted by molar-refractivity contribution is -0.145. The van der Waals surface area contributed by atoms with E-state index >= 15 is 0 Å². The van der Waals surface area contributed by atoms with Gasteiger partial charge in [-0.3, -0.25) is 9.67 Å². The van der Waals surface area contributed by atoms with Crippen molar-refractivity contribution in [2.24, 2.45) is 10.9 Å². The largest absolute Gasteiger partial charge is 0.429 e. The second kappa shape index (κ2) is 7.78. The lowest BCUT2D eigenvalue weighted by atomic mass is 9.87. The van der Waals surface area contributed by atoms with Crippen molar-refractivity contribution in [1.29, 1.82) is 0 Å². The van der Waals surface area contributed by atoms with Crippen LogP contribution in [0.3, 0.4) is 0 Å². The molecule has 1 saturated carbocycles. The van der Waals surface area contributed by atoms with Gasteiger partial charge in [-0.1, -0.05) is 0 Å². The summed E-state index contributed by atoms with van der Waals surface area (Å²) in [6, 6.07) is 3.42. The third kappa shape index (κ3) is 4.23. The van der Waals surface area contributed by atoms with E-state index in [1.54, 1.807) is 12.1 Å². The first-order valence-electron chi connectivity index (χ1n) is 10.3. The summed E-state index contributed by atoms with van der Waals surface area (Å²) >= 11 is 0. The molecular formula is C22H25F3N4O2. The summed E-state index contributed by atoms with van der Waals surface area (Å²) in [5.41, 5.74) is -0.211. The van der Waals surface area contributed by atoms with E-state index in [-0.39, 0.29) is 17.6 Å². The Balaban J connectivity index is 1.77. The number of halogens is 3. The van der Waals surface area contributed by atoms with Crippen molar-refractivity contribution in [2.45, 2.75) is 63.5 Å². The van der Waals surface area contributed by atoms with Gasteiger partial charge in [-0.05, 0) is 57.7 Å². The number of aldehydes is 1. The molecule has 1 N–H and O–H groups in total. The van der Waals surface area contributed by atoms with Crippen LogP contribution in [0.15, 0.2) is 35.6 Å². The Kier molecular flexibility index (Phi) is 5.41. The predicted octanol–water partition coefficient (Wildman–Crippen LogP) is 4.49. The molecule has 1 fully saturated rings. The summed E-state index contributed by atoms with van der Waals surface area (Å²) in [6.07, 6.45) is 3.33. The summed E-state index contributed by atoms with van der Waals surface area (Å²) in [7, 11) is 0. The number of hydrogen-bond donors (Lipinski definition) is 1. The molecule has 31 heavy (non-hydrogen) atoms. The van der Waals surface area contributed by atoms with Gasteiger partial charge >= 0.3 is 6.18 Å². The van der Waals surface area contributed by atoms with Crippen LogP contribution in [0.4, 0.5) is 18.9 Å². The number of hydrogen-bond acceptors (Lipinski definition) is 5. The molecule has 1 atom stereocenters. The van der Waals surface area contributed by atoms with Gasteiger partial charge in [0, 0.05) is 41.2 Å². The highest BCUT2D eigenvalue weighted by Gasteiger charge is 2.45. The van der Waals surface area contributed by atoms with Crippen LogP contribution in [0.5, 0.6) is 0 Å². The first kappa shape index (κ1) is 21.5. The van der Waals surface area contributed by atoms with Gasteiger partial charge in [0.15, 0.2) is 0 Å². The van der Waals surface area contributed by atoms with Crippen LogP contribution in [0.25, 0.3) is 10.9 Å². The molecule has 4 rings (SSSR count). The zero-order chi connectivity index (χ0) is 22.4. The molecule has 6 nitrogen and oxygen atoms in total. The van der Waals surface area contributed by atoms with E-state index in [0.717, 1.165) is 43.1 Å². The lowest BCUT2D eigenvalue weighted by Crippen LogP contribution is -2.43. The number of fused-ring (bicyclic) bond motifs is 1. The maximum atomic E-state index is 13.6. The summed E-state index contributed by atoms with van der Waals surface area (Å²) in [4.78, 5) is 15.7. The van der Waals surface area contributed by atoms with E-state index in [1.165, 1.54) is 26.1 Å². The fourth-order valence-corrected chi connectivity index (χ4v) is 4.34. The second-order valence-corrected chi connectivity index (χ2v) is 8.76. The van der Waals surface area contributed by atoms with Crippen LogP contribution in [0, 0.1) is 5.92 Å². The second-order valence-electron chi connectivity index (χ2n) is 8.76. The van der Waals surface area contributed by atoms with E-state index in [4.69, 9.17) is 0 Å². The Hall–Kier alpha value is -2.68. The van der Waals surface area contributed by atoms with Gasteiger partial charge in [-0.2, -0.15) is 18.3 Å². The van der Waals surface area contributed by atoms with E-state index < -0.39 is 17.9 Å². The number of carbonyl (C=O) groups is 1. The van der Waals surface area contributed by atoms with Crippen molar-refractivity contribution < 1.29 is 23.1 Å². The Morgan fingerprint density at radius 1 is 1.16 bits per heavy atom. The predicted molar refractivity (Wildman–Crippen MR) is 112 cm³/mol. The first-order chi connectivity index (χ1) is 14.6. The Labute approximate surface area is 178 Å². The van der Waals surface area contributed by atoms with Crippen molar-refractivity contribution in [2.75, 3.05) is 4.90 Å². The molecule has 1 unspecified atom stereocenters. The molecule has 1 aliphatic carbocycles. The Bertz CT molecular complexity index is 1030. The minimum atomic E-state index is -4.57. The van der Waals surface area contributed by atoms with Crippen molar-refractivity contribution in [3.8, 4) is 0 Å². The number of aliphatic hydroxyl groups is 1. The van der Waals surface area contributed by atoms with Crippen LogP contribution in [0.1, 0.15) is 51.1 Å². The van der Waals surface area contributed by atoms with Crippen LogP contribution in [-0.4, -0.2) is 39.7 Å². The molecule has 2 aromatic rings. The third-order valence-electron chi connectivity index (χ3n) is 6.00. The number of rotatable bonds is 4. The lowest BCUT2D eigenvalue weighted by Gasteiger charge is -2.34. The van der Waals surface area contributed by atoms with E-state index in [2.05, 4.69) is 10.1 Å². The third-order valence-corrected chi connectivity index (χ3v) is 6.00. The first-order valence-corrected chi connectivity index (χ1v) is 10.3. The van der Waals surface area contributed by atoms with Gasteiger partial charge in [-0.25, -0.2) is 0 Å². The number of carbonyl (C=O) groups excluding carboxylic acids is 1. The van der Waals surface area contributed by atoms with Crippen LogP contribution >= 0.6 is 0 Å². The molecule has 0 spiro atoms. The Morgan fingerprint density at radius 3 is 2.48 bits per heavy atom. The van der Waals surface area contributed by atoms with Crippen molar-refractivity contribution >= 4 is 29.1 Å². The van der Waals surface area contributed by atoms with Gasteiger partial charge in [0.1, 0.15) is 6.29 Å². The van der Waals surface area contributed by atoms with E-state index in [0.29, 0.717) is 16.5 Å². The number of anilines is 1. The number of aromatic nitrogens is 2. The smallest absolute Gasteiger partial charge is 0.386 e. The number of allylic oxidation sites excluding steroid dienone is 1. The van der Waals surface area contributed by atoms with Gasteiger partial charge in [0.25, 0.3) is 0 Å². The average molecular weight is 434 g/mol. The SMILES string of the molecule is CC(C)(O)c1cc2nn(C3CCC(C=O)CC3)cc2cc1N1C=CC=NC1C(F)(F)F. The molecule has 1 aromatic heterocycles. The zero-order valence-electron chi connectivity index (χ0n) is 17.4. The number of nitrogens with zero attached hydrogens (tertiary/aromatic N) is 4. The van der Waals surface area contributed by atoms with E-state index in [1.807, 2.05) is 10.9 Å². The maximum Gasteiger partial charge on any atom is 0.429 e. The molecule has 1 aliphatic heterocycles. The van der Waals surface area contributed by atoms with Gasteiger partial charge in [0.05, 0.1) is 17.2 Å². The quantitative estimate of drug-likeness (QED) is 0.720. The molecule has 1 aromatic carbocycles. The zero-order valence-corrected chi connectivity index (χ0v) is 17.4. The van der Waals surface area contributed by atoms with Gasteiger partial charge in [0.2, 0.25) is 6.17 Å². The highest BCUT2D eigenvalue weighted by atomic mass is 19.4. The molecule has 0 radical (unpaired) electrons. The highest BCUT2D eigenvalue weighted by molar-refractivity contribution is 5.86. The summed E-state index contributed by atoms with van der Waals surface area (Å²) in [5.74, 6) is 0.0837. The maximum absolute atomic E-state index is 13.6. The number of aliphatic imine (C=N–C) groups is 1. The normalized spacial score (nSPS) is 24.7. The number of alkyl halides is 3. The minimum absolute atomic E-state index is 0.0837. The van der Waals surface area contributed by atoms with Crippen molar-refractivity contribution in [3.05, 3.63) is 36.2 Å². The van der Waals surface area contributed by atoms with Crippen molar-refractivity contribution in [3.63, 3.8) is 0 Å². The average Bonchev–Trinajstić information content (AvgIpc) is 3.15. The van der Waals surface area contributed by atoms with Crippen LogP contribution < -0.4 is 4.90 Å². The topological polar surface area (TPSA) is 70.7 Å². The highest BCUT2D eigenvalue weighted by Crippen LogP contribution is 2.40. The van der Waals surface area contributed by atoms with Crippen LogP contribution in [0.2, 0.25) is 0 Å². The minimum Gasteiger partial charge on any atom is -0.386 e. The molecule has 0 bridgehead atoms. The molecule has 2 heterocycles. The summed E-state index contributed by atoms with van der Waals surface area (Å²) < 4.78 is 42.7. The van der Waals surface area contributed by atoms with Gasteiger partial charge < -0.3 is 14.8 Å². The molecular weight excluding hydrogens is 409 g/mol. The molecule has 9 heteroatoms. The summed E-state index contributed by atoms with van der Waals surface area (Å²) in [5, 5.41) is 16.1.